The van der Waals surface area contributed by atoms with Crippen LogP contribution in [0, 0.1) is 29.6 Å². The maximum atomic E-state index is 13.1. The maximum absolute atomic E-state index is 13.1. The Morgan fingerprint density at radius 1 is 1.11 bits per heavy atom. The summed E-state index contributed by atoms with van der Waals surface area (Å²) in [6.45, 7) is 7.23. The molecule has 0 aliphatic carbocycles. The van der Waals surface area contributed by atoms with Crippen LogP contribution in [-0.4, -0.2) is 34.5 Å². The highest BCUT2D eigenvalue weighted by atomic mass is 32.2. The van der Waals surface area contributed by atoms with E-state index in [4.69, 9.17) is 5.73 Å². The summed E-state index contributed by atoms with van der Waals surface area (Å²) in [5.74, 6) is -0.548. The second-order valence-electron chi connectivity index (χ2n) is 8.50. The molecule has 0 spiro atoms. The van der Waals surface area contributed by atoms with Crippen molar-refractivity contribution >= 4 is 45.1 Å². The minimum atomic E-state index is -3.93. The largest absolute Gasteiger partial charge is 0.383 e. The molecular weight excluding hydrogens is 524 g/mol. The highest BCUT2D eigenvalue weighted by Gasteiger charge is 2.26. The zero-order chi connectivity index (χ0) is 28.0. The van der Waals surface area contributed by atoms with Crippen molar-refractivity contribution in [1.29, 1.82) is 10.5 Å². The highest BCUT2D eigenvalue weighted by molar-refractivity contribution is 8.00. The zero-order valence-electron chi connectivity index (χ0n) is 21.2. The molecule has 3 rings (SSSR count). The Balaban J connectivity index is 1.79. The smallest absolute Gasteiger partial charge is 0.264 e. The molecule has 4 N–H and O–H groups in total. The summed E-state index contributed by atoms with van der Waals surface area (Å²) in [6.07, 6.45) is 1.86. The van der Waals surface area contributed by atoms with Crippen molar-refractivity contribution in [2.45, 2.75) is 55.2 Å². The van der Waals surface area contributed by atoms with E-state index >= 15 is 0 Å². The summed E-state index contributed by atoms with van der Waals surface area (Å²) < 4.78 is 27.7. The van der Waals surface area contributed by atoms with E-state index in [-0.39, 0.29) is 44.6 Å². The van der Waals surface area contributed by atoms with E-state index in [2.05, 4.69) is 31.1 Å². The first-order valence-electron chi connectivity index (χ1n) is 11.5. The van der Waals surface area contributed by atoms with Gasteiger partial charge in [0.15, 0.2) is 0 Å². The number of nitrogen functional groups attached to an aromatic ring is 1. The number of nitrogens with two attached hydrogens (primary N) is 1. The number of sulfonamides is 1. The first kappa shape index (κ1) is 28.4. The summed E-state index contributed by atoms with van der Waals surface area (Å²) in [5, 5.41) is 21.7. The molecule has 1 unspecified atom stereocenters. The van der Waals surface area contributed by atoms with Crippen LogP contribution in [0.2, 0.25) is 0 Å². The maximum Gasteiger partial charge on any atom is 0.264 e. The van der Waals surface area contributed by atoms with Crippen molar-refractivity contribution in [3.05, 3.63) is 58.9 Å². The quantitative estimate of drug-likeness (QED) is 0.329. The van der Waals surface area contributed by atoms with E-state index in [9.17, 15) is 23.7 Å². The lowest BCUT2D eigenvalue weighted by molar-refractivity contribution is -0.115. The molecule has 0 fully saturated rings. The van der Waals surface area contributed by atoms with Gasteiger partial charge in [0, 0.05) is 17.6 Å². The number of anilines is 3. The Kier molecular flexibility index (Phi) is 8.88. The number of benzene rings is 1. The Morgan fingerprint density at radius 3 is 2.32 bits per heavy atom. The van der Waals surface area contributed by atoms with Crippen molar-refractivity contribution in [2.75, 3.05) is 15.8 Å². The molecule has 1 atom stereocenters. The molecule has 38 heavy (non-hydrogen) atoms. The van der Waals surface area contributed by atoms with E-state index in [1.165, 1.54) is 30.5 Å². The van der Waals surface area contributed by atoms with Crippen LogP contribution < -0.4 is 15.8 Å². The van der Waals surface area contributed by atoms with E-state index in [1.807, 2.05) is 26.8 Å². The Morgan fingerprint density at radius 2 is 1.76 bits per heavy atom. The first-order valence-corrected chi connectivity index (χ1v) is 13.9. The van der Waals surface area contributed by atoms with Gasteiger partial charge in [-0.05, 0) is 55.2 Å². The third-order valence-electron chi connectivity index (χ3n) is 5.40. The van der Waals surface area contributed by atoms with Gasteiger partial charge >= 0.3 is 0 Å². The lowest BCUT2D eigenvalue weighted by atomic mass is 9.94. The van der Waals surface area contributed by atoms with Crippen LogP contribution in [0.3, 0.4) is 0 Å². The molecule has 0 radical (unpaired) electrons. The van der Waals surface area contributed by atoms with Crippen molar-refractivity contribution in [3.63, 3.8) is 0 Å². The molecule has 0 aliphatic rings. The summed E-state index contributed by atoms with van der Waals surface area (Å²) in [5.41, 5.74) is 7.88. The van der Waals surface area contributed by atoms with Crippen molar-refractivity contribution in [1.82, 2.24) is 15.0 Å². The Labute approximate surface area is 225 Å². The molecule has 0 bridgehead atoms. The number of thioether (sulfide) groups is 1. The number of carbonyl (C=O) groups excluding carboxylic acids is 1. The number of amides is 1. The molecule has 0 saturated carbocycles. The molecule has 0 saturated heterocycles. The van der Waals surface area contributed by atoms with Gasteiger partial charge in [-0.25, -0.2) is 28.1 Å². The average Bonchev–Trinajstić information content (AvgIpc) is 2.86. The fourth-order valence-electron chi connectivity index (χ4n) is 3.56. The van der Waals surface area contributed by atoms with Crippen LogP contribution in [-0.2, 0) is 14.8 Å². The normalized spacial score (nSPS) is 11.9. The number of nitrogens with one attached hydrogen (secondary N) is 2. The second-order valence-corrected chi connectivity index (χ2v) is 11.4. The van der Waals surface area contributed by atoms with Crippen LogP contribution in [0.1, 0.15) is 55.5 Å². The lowest BCUT2D eigenvalue weighted by Crippen LogP contribution is -2.25. The van der Waals surface area contributed by atoms with Crippen LogP contribution in [0.25, 0.3) is 0 Å². The fourth-order valence-corrected chi connectivity index (χ4v) is 5.54. The minimum Gasteiger partial charge on any atom is -0.383 e. The standard InChI is InChI=1S/C25H26N8O3S2/c1-5-20(37-24-19(13-27)21(14(2)3)18(12-26)22(28)32-24)23(34)31-16-6-8-17(9-7-16)38(35,36)33-25-29-11-10-15(4)30-25/h6-11,14,20H,5H2,1-4H3,(H2,28,32)(H,31,34)(H,29,30,33). The molecule has 2 aromatic heterocycles. The minimum absolute atomic E-state index is 0.00873. The molecule has 2 heterocycles. The van der Waals surface area contributed by atoms with Gasteiger partial charge in [0.25, 0.3) is 10.0 Å². The van der Waals surface area contributed by atoms with Gasteiger partial charge in [0.2, 0.25) is 11.9 Å². The van der Waals surface area contributed by atoms with Gasteiger partial charge in [0.05, 0.1) is 21.3 Å². The number of nitrogens with zero attached hydrogens (tertiary/aromatic N) is 5. The highest BCUT2D eigenvalue weighted by Crippen LogP contribution is 2.35. The van der Waals surface area contributed by atoms with Gasteiger partial charge in [-0.1, -0.05) is 32.5 Å². The topological polar surface area (TPSA) is 188 Å². The number of carbonyl (C=O) groups is 1. The van der Waals surface area contributed by atoms with E-state index in [0.717, 1.165) is 11.8 Å². The number of nitriles is 2. The second kappa shape index (κ2) is 11.9. The molecule has 0 aliphatic heterocycles. The zero-order valence-corrected chi connectivity index (χ0v) is 22.8. The molecule has 1 amide bonds. The van der Waals surface area contributed by atoms with E-state index < -0.39 is 15.3 Å². The number of aromatic nitrogens is 3. The number of hydrogen-bond donors (Lipinski definition) is 3. The average molecular weight is 551 g/mol. The molecule has 11 nitrogen and oxygen atoms in total. The van der Waals surface area contributed by atoms with Gasteiger partial charge in [-0.3, -0.25) is 4.79 Å². The van der Waals surface area contributed by atoms with Crippen LogP contribution in [0.4, 0.5) is 17.5 Å². The van der Waals surface area contributed by atoms with Crippen LogP contribution >= 0.6 is 11.8 Å². The predicted octanol–water partition coefficient (Wildman–Crippen LogP) is 3.94. The first-order chi connectivity index (χ1) is 18.0. The summed E-state index contributed by atoms with van der Waals surface area (Å²) in [4.78, 5) is 25.2. The van der Waals surface area contributed by atoms with E-state index in [1.54, 1.807) is 13.0 Å². The summed E-state index contributed by atoms with van der Waals surface area (Å²) >= 11 is 1.09. The monoisotopic (exact) mass is 550 g/mol. The molecule has 1 aromatic carbocycles. The Hall–Kier alpha value is -4.20. The van der Waals surface area contributed by atoms with Gasteiger partial charge in [-0.2, -0.15) is 10.5 Å². The van der Waals surface area contributed by atoms with Crippen molar-refractivity contribution in [3.8, 4) is 12.1 Å². The van der Waals surface area contributed by atoms with Gasteiger partial charge < -0.3 is 11.1 Å². The SMILES string of the molecule is CCC(Sc1nc(N)c(C#N)c(C(C)C)c1C#N)C(=O)Nc1ccc(S(=O)(=O)Nc2nccc(C)n2)cc1. The van der Waals surface area contributed by atoms with E-state index in [0.29, 0.717) is 23.4 Å². The van der Waals surface area contributed by atoms with Gasteiger partial charge in [-0.15, -0.1) is 0 Å². The third-order valence-corrected chi connectivity index (χ3v) is 8.10. The van der Waals surface area contributed by atoms with Crippen molar-refractivity contribution in [2.24, 2.45) is 0 Å². The predicted molar refractivity (Wildman–Crippen MR) is 145 cm³/mol. The molecular formula is C25H26N8O3S2. The molecule has 196 valence electrons. The third kappa shape index (κ3) is 6.37. The Bertz CT molecular complexity index is 1540. The van der Waals surface area contributed by atoms with Crippen LogP contribution in [0.5, 0.6) is 0 Å². The lowest BCUT2D eigenvalue weighted by Gasteiger charge is -2.18. The van der Waals surface area contributed by atoms with Gasteiger partial charge in [0.1, 0.15) is 23.0 Å². The number of pyridine rings is 1. The molecule has 13 heteroatoms. The summed E-state index contributed by atoms with van der Waals surface area (Å²) in [6, 6.07) is 11.4. The summed E-state index contributed by atoms with van der Waals surface area (Å²) in [7, 11) is -3.93. The fraction of sp³-hybridized carbons (Fsp3) is 0.280. The van der Waals surface area contributed by atoms with Crippen molar-refractivity contribution < 1.29 is 13.2 Å². The number of hydrogen-bond acceptors (Lipinski definition) is 10. The molecule has 3 aromatic rings. The van der Waals surface area contributed by atoms with Crippen LogP contribution in [0.15, 0.2) is 46.5 Å². The number of aryl methyl sites for hydroxylation is 1. The number of rotatable bonds is 9.